The minimum absolute atomic E-state index is 0.208. The Labute approximate surface area is 133 Å². The molecule has 0 bridgehead atoms. The summed E-state index contributed by atoms with van der Waals surface area (Å²) in [6, 6.07) is 4.75. The van der Waals surface area contributed by atoms with Crippen molar-refractivity contribution in [1.29, 1.82) is 0 Å². The van der Waals surface area contributed by atoms with Gasteiger partial charge in [-0.3, -0.25) is 4.90 Å². The van der Waals surface area contributed by atoms with Crippen LogP contribution in [0.15, 0.2) is 18.3 Å². The summed E-state index contributed by atoms with van der Waals surface area (Å²) >= 11 is 0. The number of benzene rings is 1. The highest BCUT2D eigenvalue weighted by Crippen LogP contribution is 2.34. The van der Waals surface area contributed by atoms with Gasteiger partial charge in [-0.05, 0) is 61.9 Å². The van der Waals surface area contributed by atoms with E-state index in [1.54, 1.807) is 0 Å². The summed E-state index contributed by atoms with van der Waals surface area (Å²) in [5, 5.41) is 10.7. The molecule has 1 aliphatic rings. The Balaban J connectivity index is 2.01. The maximum absolute atomic E-state index is 9.34. The number of aliphatic hydroxyl groups excluding tert-OH is 1. The van der Waals surface area contributed by atoms with E-state index in [0.29, 0.717) is 5.92 Å². The van der Waals surface area contributed by atoms with Gasteiger partial charge in [0.2, 0.25) is 0 Å². The molecule has 0 radical (unpaired) electrons. The summed E-state index contributed by atoms with van der Waals surface area (Å²) in [5.74, 6) is 0.310. The van der Waals surface area contributed by atoms with Crippen LogP contribution in [0, 0.1) is 5.92 Å². The molecule has 0 amide bonds. The Morgan fingerprint density at radius 2 is 1.82 bits per heavy atom. The third-order valence-corrected chi connectivity index (χ3v) is 4.94. The Bertz CT molecular complexity index is 694. The first-order chi connectivity index (χ1) is 10.3. The van der Waals surface area contributed by atoms with E-state index in [0.717, 1.165) is 19.5 Å². The van der Waals surface area contributed by atoms with Crippen LogP contribution in [0.25, 0.3) is 10.9 Å². The van der Waals surface area contributed by atoms with E-state index in [4.69, 9.17) is 0 Å². The van der Waals surface area contributed by atoms with Crippen molar-refractivity contribution >= 4 is 10.9 Å². The fourth-order valence-corrected chi connectivity index (χ4v) is 3.44. The van der Waals surface area contributed by atoms with Gasteiger partial charge in [0.05, 0.1) is 0 Å². The van der Waals surface area contributed by atoms with Crippen molar-refractivity contribution in [3.05, 3.63) is 35.0 Å². The number of rotatable bonds is 3. The van der Waals surface area contributed by atoms with E-state index in [2.05, 4.69) is 62.5 Å². The number of nitrogens with zero attached hydrogens (tertiary/aromatic N) is 2. The lowest BCUT2D eigenvalue weighted by Crippen LogP contribution is -2.36. The molecule has 3 nitrogen and oxygen atoms in total. The normalized spacial score (nSPS) is 17.2. The van der Waals surface area contributed by atoms with Crippen LogP contribution in [0.3, 0.4) is 0 Å². The van der Waals surface area contributed by atoms with Crippen molar-refractivity contribution in [2.75, 3.05) is 6.61 Å². The predicted molar refractivity (Wildman–Crippen MR) is 91.9 cm³/mol. The van der Waals surface area contributed by atoms with Crippen molar-refractivity contribution in [3.8, 4) is 0 Å². The summed E-state index contributed by atoms with van der Waals surface area (Å²) in [7, 11) is 2.12. The largest absolute Gasteiger partial charge is 0.396 e. The van der Waals surface area contributed by atoms with Crippen LogP contribution in [-0.4, -0.2) is 26.7 Å². The monoisotopic (exact) mass is 300 g/mol. The second-order valence-corrected chi connectivity index (χ2v) is 7.92. The van der Waals surface area contributed by atoms with Gasteiger partial charge in [-0.2, -0.15) is 0 Å². The lowest BCUT2D eigenvalue weighted by atomic mass is 9.99. The number of aromatic nitrogens is 1. The summed E-state index contributed by atoms with van der Waals surface area (Å²) in [6.45, 7) is 11.3. The molecule has 0 fully saturated rings. The van der Waals surface area contributed by atoms with Crippen LogP contribution in [0.2, 0.25) is 0 Å². The number of hydrogen-bond donors (Lipinski definition) is 1. The second-order valence-electron chi connectivity index (χ2n) is 7.92. The van der Waals surface area contributed by atoms with Crippen LogP contribution < -0.4 is 0 Å². The van der Waals surface area contributed by atoms with Crippen molar-refractivity contribution in [2.24, 2.45) is 13.0 Å². The van der Waals surface area contributed by atoms with E-state index < -0.39 is 0 Å². The highest BCUT2D eigenvalue weighted by molar-refractivity contribution is 5.86. The molecule has 1 N–H and O–H groups in total. The zero-order valence-corrected chi connectivity index (χ0v) is 14.5. The van der Waals surface area contributed by atoms with Gasteiger partial charge in [0, 0.05) is 49.4 Å². The maximum Gasteiger partial charge on any atom is 0.0484 e. The molecule has 22 heavy (non-hydrogen) atoms. The van der Waals surface area contributed by atoms with Crippen molar-refractivity contribution in [1.82, 2.24) is 9.47 Å². The zero-order valence-electron chi connectivity index (χ0n) is 14.5. The third-order valence-electron chi connectivity index (χ3n) is 4.94. The molecule has 1 aromatic heterocycles. The highest BCUT2D eigenvalue weighted by Gasteiger charge is 2.28. The van der Waals surface area contributed by atoms with E-state index >= 15 is 0 Å². The Morgan fingerprint density at radius 3 is 2.41 bits per heavy atom. The zero-order chi connectivity index (χ0) is 16.1. The fraction of sp³-hybridized carbons (Fsp3) is 0.579. The first-order valence-electron chi connectivity index (χ1n) is 8.25. The van der Waals surface area contributed by atoms with E-state index in [9.17, 15) is 5.11 Å². The van der Waals surface area contributed by atoms with Gasteiger partial charge >= 0.3 is 0 Å². The van der Waals surface area contributed by atoms with Gasteiger partial charge in [0.1, 0.15) is 0 Å². The Kier molecular flexibility index (Phi) is 3.82. The van der Waals surface area contributed by atoms with Crippen LogP contribution in [0.5, 0.6) is 0 Å². The topological polar surface area (TPSA) is 28.4 Å². The lowest BCUT2D eigenvalue weighted by Gasteiger charge is -2.31. The van der Waals surface area contributed by atoms with E-state index in [1.807, 2.05) is 0 Å². The van der Waals surface area contributed by atoms with Gasteiger partial charge in [-0.15, -0.1) is 0 Å². The lowest BCUT2D eigenvalue weighted by molar-refractivity contribution is 0.136. The fourth-order valence-electron chi connectivity index (χ4n) is 3.44. The molecular formula is C19H28N2O. The van der Waals surface area contributed by atoms with Crippen LogP contribution >= 0.6 is 0 Å². The summed E-state index contributed by atoms with van der Waals surface area (Å²) < 4.78 is 2.23. The molecule has 1 aliphatic heterocycles. The summed E-state index contributed by atoms with van der Waals surface area (Å²) in [5.41, 5.74) is 5.81. The Morgan fingerprint density at radius 1 is 1.18 bits per heavy atom. The summed E-state index contributed by atoms with van der Waals surface area (Å²) in [6.07, 6.45) is 3.17. The molecule has 0 saturated carbocycles. The number of fused-ring (bicyclic) bond motifs is 2. The van der Waals surface area contributed by atoms with Crippen LogP contribution in [-0.2, 0) is 26.6 Å². The Hall–Kier alpha value is -1.32. The molecule has 0 saturated heterocycles. The quantitative estimate of drug-likeness (QED) is 0.940. The van der Waals surface area contributed by atoms with Crippen molar-refractivity contribution in [3.63, 3.8) is 0 Å². The van der Waals surface area contributed by atoms with Crippen molar-refractivity contribution in [2.45, 2.75) is 52.7 Å². The second kappa shape index (κ2) is 5.39. The molecule has 0 aliphatic carbocycles. The van der Waals surface area contributed by atoms with Crippen LogP contribution in [0.1, 0.15) is 44.4 Å². The smallest absolute Gasteiger partial charge is 0.0484 e. The van der Waals surface area contributed by atoms with Crippen molar-refractivity contribution < 1.29 is 5.11 Å². The number of aliphatic hydroxyl groups is 1. The molecule has 0 spiro atoms. The molecule has 3 heteroatoms. The first kappa shape index (κ1) is 15.6. The molecule has 2 aromatic rings. The minimum atomic E-state index is 0.208. The van der Waals surface area contributed by atoms with Gasteiger partial charge in [-0.25, -0.2) is 0 Å². The minimum Gasteiger partial charge on any atom is -0.396 e. The van der Waals surface area contributed by atoms with E-state index in [-0.39, 0.29) is 12.1 Å². The highest BCUT2D eigenvalue weighted by atomic mass is 16.3. The molecular weight excluding hydrogens is 272 g/mol. The number of hydrogen-bond acceptors (Lipinski definition) is 2. The number of aryl methyl sites for hydroxylation is 1. The first-order valence-corrected chi connectivity index (χ1v) is 8.25. The van der Waals surface area contributed by atoms with Gasteiger partial charge in [0.15, 0.2) is 0 Å². The third kappa shape index (κ3) is 2.68. The van der Waals surface area contributed by atoms with Gasteiger partial charge in [0.25, 0.3) is 0 Å². The molecule has 1 aromatic carbocycles. The molecule has 2 heterocycles. The average molecular weight is 300 g/mol. The van der Waals surface area contributed by atoms with Crippen LogP contribution in [0.4, 0.5) is 0 Å². The average Bonchev–Trinajstić information content (AvgIpc) is 2.98. The SMILES string of the molecule is CC(CO)Cc1cn(C)c2cc3c(cc12)CN(C(C)(C)C)C3. The molecule has 1 atom stereocenters. The van der Waals surface area contributed by atoms with E-state index in [1.165, 1.54) is 27.6 Å². The summed E-state index contributed by atoms with van der Waals surface area (Å²) in [4.78, 5) is 2.53. The maximum atomic E-state index is 9.34. The molecule has 120 valence electrons. The van der Waals surface area contributed by atoms with Gasteiger partial charge < -0.3 is 9.67 Å². The van der Waals surface area contributed by atoms with Gasteiger partial charge in [-0.1, -0.05) is 6.92 Å². The standard InChI is InChI=1S/C19H28N2O/c1-13(12-22)6-16-9-20(5)18-8-15-11-21(19(2,3)4)10-14(15)7-17(16)18/h7-9,13,22H,6,10-12H2,1-5H3. The molecule has 1 unspecified atom stereocenters. The predicted octanol–water partition coefficient (Wildman–Crippen LogP) is 3.46. The molecule has 3 rings (SSSR count).